The van der Waals surface area contributed by atoms with Crippen LogP contribution >= 0.6 is 0 Å². The molecule has 0 spiro atoms. The Kier molecular flexibility index (Phi) is 3.21. The number of rotatable bonds is 3. The lowest BCUT2D eigenvalue weighted by Gasteiger charge is -2.09. The number of imidazole rings is 1. The number of aromatic nitrogens is 3. The van der Waals surface area contributed by atoms with Gasteiger partial charge in [0.15, 0.2) is 5.65 Å². The molecule has 0 atom stereocenters. The summed E-state index contributed by atoms with van der Waals surface area (Å²) in [6, 6.07) is 8.44. The van der Waals surface area contributed by atoms with Crippen molar-refractivity contribution >= 4 is 17.0 Å². The predicted molar refractivity (Wildman–Crippen MR) is 80.2 cm³/mol. The topological polar surface area (TPSA) is 54.0 Å². The fourth-order valence-corrected chi connectivity index (χ4v) is 2.07. The Balaban J connectivity index is 2.08. The summed E-state index contributed by atoms with van der Waals surface area (Å²) in [5.41, 5.74) is 1.72. The normalized spacial score (nSPS) is 10.9. The zero-order valence-electron chi connectivity index (χ0n) is 12.0. The molecule has 0 bridgehead atoms. The van der Waals surface area contributed by atoms with E-state index in [0.717, 1.165) is 11.3 Å². The van der Waals surface area contributed by atoms with Gasteiger partial charge < -0.3 is 14.6 Å². The first-order valence-electron chi connectivity index (χ1n) is 6.46. The Morgan fingerprint density at radius 1 is 1.14 bits per heavy atom. The van der Waals surface area contributed by atoms with Gasteiger partial charge in [0.25, 0.3) is 0 Å². The summed E-state index contributed by atoms with van der Waals surface area (Å²) >= 11 is 0. The number of ether oxygens (including phenoxy) is 1. The molecule has 0 unspecified atom stereocenters. The molecule has 6 heteroatoms. The minimum Gasteiger partial charge on any atom is -0.497 e. The molecule has 2 heterocycles. The number of pyridine rings is 1. The second-order valence-electron chi connectivity index (χ2n) is 4.87. The van der Waals surface area contributed by atoms with E-state index >= 15 is 0 Å². The molecule has 21 heavy (non-hydrogen) atoms. The van der Waals surface area contributed by atoms with Crippen LogP contribution in [0, 0.1) is 5.82 Å². The van der Waals surface area contributed by atoms with Crippen LogP contribution in [0.5, 0.6) is 5.75 Å². The third-order valence-electron chi connectivity index (χ3n) is 3.22. The maximum absolute atomic E-state index is 14.1. The van der Waals surface area contributed by atoms with E-state index in [9.17, 15) is 4.39 Å². The van der Waals surface area contributed by atoms with Gasteiger partial charge in [0.05, 0.1) is 18.2 Å². The maximum Gasteiger partial charge on any atom is 0.180 e. The Labute approximate surface area is 121 Å². The SMILES string of the molecule is COc1ccc(-c2nc3nc(N(C)C)ccc3[nH]2)c(F)c1. The smallest absolute Gasteiger partial charge is 0.180 e. The third-order valence-corrected chi connectivity index (χ3v) is 3.22. The first-order valence-corrected chi connectivity index (χ1v) is 6.46. The van der Waals surface area contributed by atoms with E-state index in [1.807, 2.05) is 31.1 Å². The van der Waals surface area contributed by atoms with Gasteiger partial charge in [-0.05, 0) is 24.3 Å². The highest BCUT2D eigenvalue weighted by atomic mass is 19.1. The molecule has 1 N–H and O–H groups in total. The van der Waals surface area contributed by atoms with Crippen molar-refractivity contribution in [1.82, 2.24) is 15.0 Å². The minimum atomic E-state index is -0.388. The number of nitrogens with zero attached hydrogens (tertiary/aromatic N) is 3. The van der Waals surface area contributed by atoms with Gasteiger partial charge in [-0.2, -0.15) is 0 Å². The Bertz CT molecular complexity index is 797. The molecule has 0 aliphatic carbocycles. The van der Waals surface area contributed by atoms with Gasteiger partial charge >= 0.3 is 0 Å². The Morgan fingerprint density at radius 3 is 2.62 bits per heavy atom. The highest BCUT2D eigenvalue weighted by Gasteiger charge is 2.12. The summed E-state index contributed by atoms with van der Waals surface area (Å²) in [7, 11) is 5.32. The lowest BCUT2D eigenvalue weighted by atomic mass is 10.2. The van der Waals surface area contributed by atoms with E-state index in [1.54, 1.807) is 12.1 Å². The summed E-state index contributed by atoms with van der Waals surface area (Å²) in [6.07, 6.45) is 0. The second-order valence-corrected chi connectivity index (χ2v) is 4.87. The van der Waals surface area contributed by atoms with Gasteiger partial charge in [-0.25, -0.2) is 14.4 Å². The van der Waals surface area contributed by atoms with Gasteiger partial charge in [0.2, 0.25) is 0 Å². The molecule has 1 aromatic carbocycles. The molecule has 0 amide bonds. The van der Waals surface area contributed by atoms with Crippen LogP contribution in [0.3, 0.4) is 0 Å². The van der Waals surface area contributed by atoms with Crippen LogP contribution in [0.4, 0.5) is 10.2 Å². The van der Waals surface area contributed by atoms with Crippen molar-refractivity contribution < 1.29 is 9.13 Å². The number of methoxy groups -OCH3 is 1. The monoisotopic (exact) mass is 286 g/mol. The van der Waals surface area contributed by atoms with Gasteiger partial charge in [-0.3, -0.25) is 0 Å². The molecule has 5 nitrogen and oxygen atoms in total. The van der Waals surface area contributed by atoms with Crippen LogP contribution < -0.4 is 9.64 Å². The van der Waals surface area contributed by atoms with Crippen molar-refractivity contribution in [3.8, 4) is 17.1 Å². The lowest BCUT2D eigenvalue weighted by Crippen LogP contribution is -2.10. The largest absolute Gasteiger partial charge is 0.497 e. The number of anilines is 1. The molecule has 0 fully saturated rings. The molecule has 0 radical (unpaired) electrons. The summed E-state index contributed by atoms with van der Waals surface area (Å²) in [5, 5.41) is 0. The summed E-state index contributed by atoms with van der Waals surface area (Å²) in [5.74, 6) is 1.34. The van der Waals surface area contributed by atoms with E-state index in [0.29, 0.717) is 22.8 Å². The lowest BCUT2D eigenvalue weighted by molar-refractivity contribution is 0.411. The number of aromatic amines is 1. The Hall–Kier alpha value is -2.63. The minimum absolute atomic E-state index is 0.388. The first kappa shape index (κ1) is 13.4. The van der Waals surface area contributed by atoms with Gasteiger partial charge in [-0.1, -0.05) is 0 Å². The van der Waals surface area contributed by atoms with E-state index in [-0.39, 0.29) is 5.82 Å². The molecule has 2 aromatic heterocycles. The number of benzene rings is 1. The van der Waals surface area contributed by atoms with E-state index < -0.39 is 0 Å². The van der Waals surface area contributed by atoms with Gasteiger partial charge in [-0.15, -0.1) is 0 Å². The number of H-pyrrole nitrogens is 1. The molecule has 0 saturated carbocycles. The van der Waals surface area contributed by atoms with Crippen LogP contribution in [-0.2, 0) is 0 Å². The molecule has 3 aromatic rings. The fourth-order valence-electron chi connectivity index (χ4n) is 2.07. The molecule has 0 aliphatic heterocycles. The zero-order chi connectivity index (χ0) is 15.0. The van der Waals surface area contributed by atoms with E-state index in [2.05, 4.69) is 15.0 Å². The summed E-state index contributed by atoms with van der Waals surface area (Å²) in [6.45, 7) is 0. The molecule has 0 aliphatic rings. The van der Waals surface area contributed by atoms with Gasteiger partial charge in [0.1, 0.15) is 23.2 Å². The molecule has 3 rings (SSSR count). The standard InChI is InChI=1S/C15H15FN4O/c1-20(2)13-7-6-12-15(18-13)19-14(17-12)10-5-4-9(21-3)8-11(10)16/h4-8H,1-3H3,(H,17,18,19). The third kappa shape index (κ3) is 2.40. The predicted octanol–water partition coefficient (Wildman–Crippen LogP) is 2.84. The summed E-state index contributed by atoms with van der Waals surface area (Å²) < 4.78 is 19.1. The molecule has 108 valence electrons. The van der Waals surface area contributed by atoms with Crippen LogP contribution in [0.2, 0.25) is 0 Å². The van der Waals surface area contributed by atoms with Crippen molar-refractivity contribution in [3.63, 3.8) is 0 Å². The zero-order valence-corrected chi connectivity index (χ0v) is 12.0. The van der Waals surface area contributed by atoms with Crippen LogP contribution in [-0.4, -0.2) is 36.2 Å². The van der Waals surface area contributed by atoms with Crippen molar-refractivity contribution in [1.29, 1.82) is 0 Å². The van der Waals surface area contributed by atoms with Crippen LogP contribution in [0.25, 0.3) is 22.6 Å². The number of hydrogen-bond acceptors (Lipinski definition) is 4. The first-order chi connectivity index (χ1) is 10.1. The van der Waals surface area contributed by atoms with Crippen LogP contribution in [0.1, 0.15) is 0 Å². The highest BCUT2D eigenvalue weighted by Crippen LogP contribution is 2.26. The van der Waals surface area contributed by atoms with Crippen molar-refractivity contribution in [2.24, 2.45) is 0 Å². The van der Waals surface area contributed by atoms with Crippen LogP contribution in [0.15, 0.2) is 30.3 Å². The van der Waals surface area contributed by atoms with Gasteiger partial charge in [0, 0.05) is 20.2 Å². The fraction of sp³-hybridized carbons (Fsp3) is 0.200. The number of nitrogens with one attached hydrogen (secondary N) is 1. The van der Waals surface area contributed by atoms with E-state index in [4.69, 9.17) is 4.74 Å². The Morgan fingerprint density at radius 2 is 1.95 bits per heavy atom. The van der Waals surface area contributed by atoms with Crippen molar-refractivity contribution in [2.45, 2.75) is 0 Å². The summed E-state index contributed by atoms with van der Waals surface area (Å²) in [4.78, 5) is 13.8. The van der Waals surface area contributed by atoms with Crippen molar-refractivity contribution in [3.05, 3.63) is 36.1 Å². The average Bonchev–Trinajstić information content (AvgIpc) is 2.89. The molecular weight excluding hydrogens is 271 g/mol. The molecule has 0 saturated heterocycles. The number of fused-ring (bicyclic) bond motifs is 1. The van der Waals surface area contributed by atoms with E-state index in [1.165, 1.54) is 13.2 Å². The van der Waals surface area contributed by atoms with Crippen molar-refractivity contribution in [2.75, 3.05) is 26.1 Å². The molecular formula is C15H15FN4O. The second kappa shape index (κ2) is 5.05. The highest BCUT2D eigenvalue weighted by molar-refractivity contribution is 5.77. The maximum atomic E-state index is 14.1. The quantitative estimate of drug-likeness (QED) is 0.804. The number of halogens is 1. The number of hydrogen-bond donors (Lipinski definition) is 1. The average molecular weight is 286 g/mol.